The minimum Gasteiger partial charge on any atom is -0.545 e. The van der Waals surface area contributed by atoms with Crippen molar-refractivity contribution in [3.63, 3.8) is 0 Å². The van der Waals surface area contributed by atoms with Crippen molar-refractivity contribution in [1.29, 1.82) is 0 Å². The SMILES string of the molecule is O=C([O-])c1ccc(COc2ccc(/C=N\NC(=O)c3cccs3)cc2I)cc1. The first-order valence-electron chi connectivity index (χ1n) is 8.12. The Morgan fingerprint density at radius 2 is 1.96 bits per heavy atom. The van der Waals surface area contributed by atoms with E-state index in [0.717, 1.165) is 14.7 Å². The number of hydrazone groups is 1. The van der Waals surface area contributed by atoms with Crippen molar-refractivity contribution in [2.75, 3.05) is 0 Å². The van der Waals surface area contributed by atoms with Crippen LogP contribution in [-0.2, 0) is 6.61 Å². The quantitative estimate of drug-likeness (QED) is 0.304. The monoisotopic (exact) mass is 505 g/mol. The zero-order valence-electron chi connectivity index (χ0n) is 14.4. The van der Waals surface area contributed by atoms with Gasteiger partial charge in [0.05, 0.1) is 20.6 Å². The third kappa shape index (κ3) is 5.40. The van der Waals surface area contributed by atoms with Crippen molar-refractivity contribution in [2.24, 2.45) is 5.10 Å². The van der Waals surface area contributed by atoms with Crippen molar-refractivity contribution in [3.8, 4) is 5.75 Å². The van der Waals surface area contributed by atoms with E-state index < -0.39 is 5.97 Å². The summed E-state index contributed by atoms with van der Waals surface area (Å²) >= 11 is 3.51. The number of aromatic carboxylic acids is 1. The number of amides is 1. The van der Waals surface area contributed by atoms with Gasteiger partial charge in [-0.2, -0.15) is 5.10 Å². The molecule has 0 saturated carbocycles. The molecule has 0 aliphatic rings. The fourth-order valence-electron chi connectivity index (χ4n) is 2.24. The van der Waals surface area contributed by atoms with Crippen molar-refractivity contribution in [3.05, 3.63) is 85.1 Å². The van der Waals surface area contributed by atoms with Crippen molar-refractivity contribution in [2.45, 2.75) is 6.61 Å². The van der Waals surface area contributed by atoms with E-state index in [2.05, 4.69) is 33.1 Å². The topological polar surface area (TPSA) is 90.8 Å². The van der Waals surface area contributed by atoms with Gasteiger partial charge in [0.15, 0.2) is 0 Å². The summed E-state index contributed by atoms with van der Waals surface area (Å²) in [6.07, 6.45) is 1.57. The zero-order chi connectivity index (χ0) is 19.9. The lowest BCUT2D eigenvalue weighted by Crippen LogP contribution is -2.22. The van der Waals surface area contributed by atoms with Gasteiger partial charge in [0.2, 0.25) is 0 Å². The summed E-state index contributed by atoms with van der Waals surface area (Å²) < 4.78 is 6.67. The lowest BCUT2D eigenvalue weighted by molar-refractivity contribution is -0.255. The molecule has 0 atom stereocenters. The molecule has 0 bridgehead atoms. The Labute approximate surface area is 179 Å². The molecule has 0 spiro atoms. The molecule has 3 rings (SSSR count). The minimum absolute atomic E-state index is 0.133. The zero-order valence-corrected chi connectivity index (χ0v) is 17.4. The highest BCUT2D eigenvalue weighted by Crippen LogP contribution is 2.22. The molecule has 2 aromatic carbocycles. The van der Waals surface area contributed by atoms with Crippen molar-refractivity contribution >= 4 is 52.0 Å². The van der Waals surface area contributed by atoms with E-state index in [0.29, 0.717) is 17.2 Å². The van der Waals surface area contributed by atoms with Crippen molar-refractivity contribution in [1.82, 2.24) is 5.43 Å². The molecule has 3 aromatic rings. The second-order valence-electron chi connectivity index (χ2n) is 5.64. The molecule has 142 valence electrons. The van der Waals surface area contributed by atoms with Gasteiger partial charge in [-0.3, -0.25) is 4.79 Å². The first kappa shape index (κ1) is 20.0. The third-order valence-electron chi connectivity index (χ3n) is 3.66. The van der Waals surface area contributed by atoms with Gasteiger partial charge < -0.3 is 14.6 Å². The van der Waals surface area contributed by atoms with E-state index in [4.69, 9.17) is 4.74 Å². The number of ether oxygens (including phenoxy) is 1. The average Bonchev–Trinajstić information content (AvgIpc) is 3.22. The number of nitrogens with one attached hydrogen (secondary N) is 1. The highest BCUT2D eigenvalue weighted by Gasteiger charge is 2.05. The summed E-state index contributed by atoms with van der Waals surface area (Å²) in [7, 11) is 0. The smallest absolute Gasteiger partial charge is 0.281 e. The molecule has 1 amide bonds. The predicted molar refractivity (Wildman–Crippen MR) is 114 cm³/mol. The Hall–Kier alpha value is -2.72. The molecule has 1 heterocycles. The van der Waals surface area contributed by atoms with E-state index in [1.165, 1.54) is 23.5 Å². The van der Waals surface area contributed by atoms with Gasteiger partial charge in [0.25, 0.3) is 5.91 Å². The lowest BCUT2D eigenvalue weighted by Gasteiger charge is -2.10. The molecule has 1 aromatic heterocycles. The van der Waals surface area contributed by atoms with E-state index in [9.17, 15) is 14.7 Å². The van der Waals surface area contributed by atoms with Crippen LogP contribution in [0.2, 0.25) is 0 Å². The Bertz CT molecular complexity index is 1000. The molecule has 0 aliphatic carbocycles. The number of thiophene rings is 1. The summed E-state index contributed by atoms with van der Waals surface area (Å²) in [4.78, 5) is 23.2. The molecule has 6 nitrogen and oxygen atoms in total. The van der Waals surface area contributed by atoms with Crippen LogP contribution in [0.4, 0.5) is 0 Å². The Morgan fingerprint density at radius 1 is 1.18 bits per heavy atom. The molecule has 8 heteroatoms. The maximum atomic E-state index is 11.8. The summed E-state index contributed by atoms with van der Waals surface area (Å²) in [6, 6.07) is 15.4. The van der Waals surface area contributed by atoms with Crippen LogP contribution in [0.3, 0.4) is 0 Å². The number of rotatable bonds is 7. The van der Waals surface area contributed by atoms with E-state index in [1.54, 1.807) is 24.4 Å². The third-order valence-corrected chi connectivity index (χ3v) is 5.38. The van der Waals surface area contributed by atoms with E-state index >= 15 is 0 Å². The van der Waals surface area contributed by atoms with Crippen LogP contribution in [0, 0.1) is 3.57 Å². The Kier molecular flexibility index (Phi) is 6.77. The minimum atomic E-state index is -1.20. The van der Waals surface area contributed by atoms with E-state index in [-0.39, 0.29) is 11.5 Å². The summed E-state index contributed by atoms with van der Waals surface area (Å²) in [5.41, 5.74) is 4.29. The second kappa shape index (κ2) is 9.47. The fourth-order valence-corrected chi connectivity index (χ4v) is 3.55. The van der Waals surface area contributed by atoms with Crippen LogP contribution in [-0.4, -0.2) is 18.1 Å². The van der Waals surface area contributed by atoms with Gasteiger partial charge >= 0.3 is 0 Å². The van der Waals surface area contributed by atoms with Gasteiger partial charge in [0, 0.05) is 0 Å². The van der Waals surface area contributed by atoms with E-state index in [1.807, 2.05) is 29.6 Å². The fraction of sp³-hybridized carbons (Fsp3) is 0.0500. The highest BCUT2D eigenvalue weighted by molar-refractivity contribution is 14.1. The molecule has 28 heavy (non-hydrogen) atoms. The van der Waals surface area contributed by atoms with Gasteiger partial charge in [-0.1, -0.05) is 30.3 Å². The van der Waals surface area contributed by atoms with Crippen molar-refractivity contribution < 1.29 is 19.4 Å². The largest absolute Gasteiger partial charge is 0.545 e. The second-order valence-corrected chi connectivity index (χ2v) is 7.75. The van der Waals surface area contributed by atoms with Gasteiger partial charge in [-0.25, -0.2) is 5.43 Å². The number of carboxylic acids is 1. The molecule has 0 unspecified atom stereocenters. The number of benzene rings is 2. The average molecular weight is 505 g/mol. The number of carboxylic acid groups (broad SMARTS) is 1. The number of hydrogen-bond acceptors (Lipinski definition) is 6. The highest BCUT2D eigenvalue weighted by atomic mass is 127. The molecule has 1 N–H and O–H groups in total. The van der Waals surface area contributed by atoms with Crippen LogP contribution in [0.25, 0.3) is 0 Å². The van der Waals surface area contributed by atoms with Crippen LogP contribution in [0.1, 0.15) is 31.2 Å². The number of nitrogens with zero attached hydrogens (tertiary/aromatic N) is 1. The van der Waals surface area contributed by atoms with Crippen LogP contribution in [0.5, 0.6) is 5.75 Å². The molecule has 0 aliphatic heterocycles. The molecule has 0 saturated heterocycles. The van der Waals surface area contributed by atoms with Crippen LogP contribution >= 0.6 is 33.9 Å². The lowest BCUT2D eigenvalue weighted by atomic mass is 10.1. The van der Waals surface area contributed by atoms with Crippen LogP contribution < -0.4 is 15.3 Å². The predicted octanol–water partition coefficient (Wildman–Crippen LogP) is 3.06. The number of carbonyl (C=O) groups excluding carboxylic acids is 2. The molecular weight excluding hydrogens is 491 g/mol. The Morgan fingerprint density at radius 3 is 2.61 bits per heavy atom. The molecular formula is C20H14IN2O4S-. The number of halogens is 1. The Balaban J connectivity index is 1.56. The first-order chi connectivity index (χ1) is 13.5. The standard InChI is InChI=1S/C20H15IN2O4S/c21-16-10-14(11-22-23-19(24)18-2-1-9-28-18)5-8-17(16)27-12-13-3-6-15(7-4-13)20(25)26/h1-11H,12H2,(H,23,24)(H,25,26)/p-1/b22-11-. The molecule has 0 fully saturated rings. The van der Waals surface area contributed by atoms with Crippen LogP contribution in [0.15, 0.2) is 65.1 Å². The maximum absolute atomic E-state index is 11.8. The first-order valence-corrected chi connectivity index (χ1v) is 10.1. The summed E-state index contributed by atoms with van der Waals surface area (Å²) in [5, 5.41) is 16.6. The van der Waals surface area contributed by atoms with Gasteiger partial charge in [0.1, 0.15) is 12.4 Å². The molecule has 0 radical (unpaired) electrons. The maximum Gasteiger partial charge on any atom is 0.281 e. The normalized spacial score (nSPS) is 10.8. The van der Waals surface area contributed by atoms with Gasteiger partial charge in [-0.05, 0) is 68.9 Å². The van der Waals surface area contributed by atoms with Gasteiger partial charge in [-0.15, -0.1) is 11.3 Å². The number of carbonyl (C=O) groups is 2. The summed E-state index contributed by atoms with van der Waals surface area (Å²) in [5.74, 6) is -0.749. The summed E-state index contributed by atoms with van der Waals surface area (Å²) in [6.45, 7) is 0.313. The number of hydrogen-bond donors (Lipinski definition) is 1.